The van der Waals surface area contributed by atoms with Crippen molar-refractivity contribution in [1.82, 2.24) is 9.97 Å². The number of nitrogens with one attached hydrogen (secondary N) is 1. The van der Waals surface area contributed by atoms with E-state index in [0.717, 1.165) is 32.5 Å². The molecule has 0 aliphatic heterocycles. The van der Waals surface area contributed by atoms with E-state index in [2.05, 4.69) is 20.2 Å². The third-order valence-electron chi connectivity index (χ3n) is 3.32. The quantitative estimate of drug-likeness (QED) is 0.782. The molecule has 2 aromatic heterocycles. The molecule has 1 aromatic carbocycles. The van der Waals surface area contributed by atoms with Crippen LogP contribution in [0, 0.1) is 0 Å². The maximum Gasteiger partial charge on any atom is 0.128 e. The lowest BCUT2D eigenvalue weighted by molar-refractivity contribution is 0.415. The number of hydrogen-bond acceptors (Lipinski definition) is 6. The molecule has 6 heteroatoms. The number of hydrogen-bond donors (Lipinski definition) is 1. The second kappa shape index (κ2) is 6.19. The fourth-order valence-electron chi connectivity index (χ4n) is 2.12. The van der Waals surface area contributed by atoms with Gasteiger partial charge in [-0.3, -0.25) is 0 Å². The van der Waals surface area contributed by atoms with Crippen LogP contribution in [0.4, 0.5) is 11.5 Å². The number of fused-ring (bicyclic) bond motifs is 1. The molecule has 3 rings (SSSR count). The minimum atomic E-state index is 0.658. The molecule has 1 N–H and O–H groups in total. The fourth-order valence-corrected chi connectivity index (χ4v) is 3.01. The number of benzene rings is 1. The standard InChI is InChI=1S/C16H18N4OS/c1-20(2)11-6-7-17-15(8-11)18-10-16-19-13-9-12(21-3)4-5-14(13)22-16/h4-9H,10H2,1-3H3,(H,17,18). The lowest BCUT2D eigenvalue weighted by Crippen LogP contribution is -2.09. The SMILES string of the molecule is COc1ccc2sc(CNc3cc(N(C)C)ccn3)nc2c1. The van der Waals surface area contributed by atoms with E-state index in [-0.39, 0.29) is 0 Å². The van der Waals surface area contributed by atoms with E-state index in [1.54, 1.807) is 24.6 Å². The average Bonchev–Trinajstić information content (AvgIpc) is 2.95. The molecule has 0 spiro atoms. The van der Waals surface area contributed by atoms with Crippen molar-refractivity contribution in [1.29, 1.82) is 0 Å². The zero-order valence-electron chi connectivity index (χ0n) is 12.8. The molecule has 22 heavy (non-hydrogen) atoms. The van der Waals surface area contributed by atoms with Crippen molar-refractivity contribution in [3.05, 3.63) is 41.5 Å². The molecule has 0 bridgehead atoms. The molecule has 114 valence electrons. The predicted octanol–water partition coefficient (Wildman–Crippen LogP) is 3.38. The Morgan fingerprint density at radius 1 is 1.23 bits per heavy atom. The molecule has 3 aromatic rings. The highest BCUT2D eigenvalue weighted by Gasteiger charge is 2.06. The van der Waals surface area contributed by atoms with Crippen molar-refractivity contribution in [2.24, 2.45) is 0 Å². The number of anilines is 2. The van der Waals surface area contributed by atoms with Gasteiger partial charge in [-0.2, -0.15) is 0 Å². The van der Waals surface area contributed by atoms with Gasteiger partial charge >= 0.3 is 0 Å². The van der Waals surface area contributed by atoms with E-state index < -0.39 is 0 Å². The van der Waals surface area contributed by atoms with Crippen LogP contribution in [-0.4, -0.2) is 31.2 Å². The zero-order chi connectivity index (χ0) is 15.5. The molecule has 0 amide bonds. The fraction of sp³-hybridized carbons (Fsp3) is 0.250. The molecule has 0 atom stereocenters. The van der Waals surface area contributed by atoms with Gasteiger partial charge in [-0.05, 0) is 18.2 Å². The van der Waals surface area contributed by atoms with Crippen LogP contribution < -0.4 is 15.0 Å². The monoisotopic (exact) mass is 314 g/mol. The zero-order valence-corrected chi connectivity index (χ0v) is 13.6. The van der Waals surface area contributed by atoms with E-state index in [1.165, 1.54) is 0 Å². The Morgan fingerprint density at radius 3 is 2.86 bits per heavy atom. The second-order valence-electron chi connectivity index (χ2n) is 5.09. The Labute approximate surface area is 133 Å². The van der Waals surface area contributed by atoms with Gasteiger partial charge in [0, 0.05) is 38.1 Å². The highest BCUT2D eigenvalue weighted by Crippen LogP contribution is 2.26. The summed E-state index contributed by atoms with van der Waals surface area (Å²) < 4.78 is 6.39. The number of aromatic nitrogens is 2. The summed E-state index contributed by atoms with van der Waals surface area (Å²) in [6.45, 7) is 0.658. The third kappa shape index (κ3) is 3.12. The van der Waals surface area contributed by atoms with Crippen LogP contribution in [0.5, 0.6) is 5.75 Å². The van der Waals surface area contributed by atoms with Crippen LogP contribution >= 0.6 is 11.3 Å². The maximum atomic E-state index is 5.23. The Morgan fingerprint density at radius 2 is 2.09 bits per heavy atom. The summed E-state index contributed by atoms with van der Waals surface area (Å²) in [4.78, 5) is 11.0. The summed E-state index contributed by atoms with van der Waals surface area (Å²) in [6, 6.07) is 9.96. The molecule has 5 nitrogen and oxygen atoms in total. The molecule has 0 saturated heterocycles. The molecule has 0 unspecified atom stereocenters. The third-order valence-corrected chi connectivity index (χ3v) is 4.36. The molecule has 0 saturated carbocycles. The number of methoxy groups -OCH3 is 1. The second-order valence-corrected chi connectivity index (χ2v) is 6.20. The van der Waals surface area contributed by atoms with Gasteiger partial charge in [-0.15, -0.1) is 11.3 Å². The van der Waals surface area contributed by atoms with Gasteiger partial charge in [-0.1, -0.05) is 0 Å². The number of pyridine rings is 1. The molecule has 0 radical (unpaired) electrons. The van der Waals surface area contributed by atoms with Crippen LogP contribution in [0.15, 0.2) is 36.5 Å². The van der Waals surface area contributed by atoms with E-state index in [9.17, 15) is 0 Å². The molecule has 0 aliphatic rings. The average molecular weight is 314 g/mol. The van der Waals surface area contributed by atoms with E-state index in [0.29, 0.717) is 6.54 Å². The summed E-state index contributed by atoms with van der Waals surface area (Å²) in [6.07, 6.45) is 1.81. The topological polar surface area (TPSA) is 50.3 Å². The maximum absolute atomic E-state index is 5.23. The Balaban J connectivity index is 1.75. The lowest BCUT2D eigenvalue weighted by Gasteiger charge is -2.13. The summed E-state index contributed by atoms with van der Waals surface area (Å²) >= 11 is 1.68. The van der Waals surface area contributed by atoms with Crippen molar-refractivity contribution < 1.29 is 4.74 Å². The number of rotatable bonds is 5. The van der Waals surface area contributed by atoms with Crippen molar-refractivity contribution in [2.75, 3.05) is 31.4 Å². The first-order chi connectivity index (χ1) is 10.7. The Kier molecular flexibility index (Phi) is 4.11. The summed E-state index contributed by atoms with van der Waals surface area (Å²) in [5.41, 5.74) is 2.09. The van der Waals surface area contributed by atoms with Gasteiger partial charge < -0.3 is 15.0 Å². The first kappa shape index (κ1) is 14.6. The summed E-state index contributed by atoms with van der Waals surface area (Å²) in [7, 11) is 5.69. The van der Waals surface area contributed by atoms with Gasteiger partial charge in [0.15, 0.2) is 0 Å². The molecule has 0 fully saturated rings. The minimum absolute atomic E-state index is 0.658. The Bertz CT molecular complexity index is 785. The van der Waals surface area contributed by atoms with Crippen molar-refractivity contribution in [2.45, 2.75) is 6.54 Å². The first-order valence-electron chi connectivity index (χ1n) is 6.96. The van der Waals surface area contributed by atoms with Crippen LogP contribution in [0.25, 0.3) is 10.2 Å². The van der Waals surface area contributed by atoms with Crippen LogP contribution in [0.2, 0.25) is 0 Å². The minimum Gasteiger partial charge on any atom is -0.497 e. The molecule has 2 heterocycles. The molecular weight excluding hydrogens is 296 g/mol. The number of nitrogens with zero attached hydrogens (tertiary/aromatic N) is 3. The van der Waals surface area contributed by atoms with Crippen LogP contribution in [0.3, 0.4) is 0 Å². The highest BCUT2D eigenvalue weighted by atomic mass is 32.1. The molecular formula is C16H18N4OS. The van der Waals surface area contributed by atoms with Crippen molar-refractivity contribution >= 4 is 33.1 Å². The van der Waals surface area contributed by atoms with Crippen LogP contribution in [0.1, 0.15) is 5.01 Å². The normalized spacial score (nSPS) is 10.7. The summed E-state index contributed by atoms with van der Waals surface area (Å²) in [5, 5.41) is 4.35. The van der Waals surface area contributed by atoms with E-state index in [1.807, 2.05) is 44.4 Å². The Hall–Kier alpha value is -2.34. The van der Waals surface area contributed by atoms with E-state index in [4.69, 9.17) is 4.74 Å². The van der Waals surface area contributed by atoms with Crippen molar-refractivity contribution in [3.8, 4) is 5.75 Å². The predicted molar refractivity (Wildman–Crippen MR) is 92.1 cm³/mol. The van der Waals surface area contributed by atoms with Gasteiger partial charge in [0.25, 0.3) is 0 Å². The molecule has 0 aliphatic carbocycles. The lowest BCUT2D eigenvalue weighted by atomic mass is 10.3. The van der Waals surface area contributed by atoms with Gasteiger partial charge in [-0.25, -0.2) is 9.97 Å². The van der Waals surface area contributed by atoms with Crippen LogP contribution in [-0.2, 0) is 6.54 Å². The number of ether oxygens (including phenoxy) is 1. The van der Waals surface area contributed by atoms with Crippen molar-refractivity contribution in [3.63, 3.8) is 0 Å². The van der Waals surface area contributed by atoms with Gasteiger partial charge in [0.2, 0.25) is 0 Å². The van der Waals surface area contributed by atoms with E-state index >= 15 is 0 Å². The highest BCUT2D eigenvalue weighted by molar-refractivity contribution is 7.18. The largest absolute Gasteiger partial charge is 0.497 e. The first-order valence-corrected chi connectivity index (χ1v) is 7.78. The number of thiazole rings is 1. The smallest absolute Gasteiger partial charge is 0.128 e. The van der Waals surface area contributed by atoms with Gasteiger partial charge in [0.05, 0.1) is 23.9 Å². The summed E-state index contributed by atoms with van der Waals surface area (Å²) in [5.74, 6) is 1.68. The van der Waals surface area contributed by atoms with Gasteiger partial charge in [0.1, 0.15) is 16.6 Å².